The number of nitrogens with two attached hydrogens (primary N) is 1. The summed E-state index contributed by atoms with van der Waals surface area (Å²) in [6.07, 6.45) is 4.49. The lowest BCUT2D eigenvalue weighted by Gasteiger charge is -2.40. The van der Waals surface area contributed by atoms with E-state index >= 15 is 0 Å². The first-order chi connectivity index (χ1) is 11.1. The molecule has 0 aromatic rings. The summed E-state index contributed by atoms with van der Waals surface area (Å²) in [4.78, 5) is 11.6. The highest BCUT2D eigenvalue weighted by atomic mass is 32.2. The third-order valence-corrected chi connectivity index (χ3v) is 5.25. The number of thioether (sulfide) groups is 1. The summed E-state index contributed by atoms with van der Waals surface area (Å²) < 4.78 is 4.92. The van der Waals surface area contributed by atoms with E-state index in [1.54, 1.807) is 6.92 Å². The van der Waals surface area contributed by atoms with Crippen molar-refractivity contribution in [3.8, 4) is 12.1 Å². The molecule has 7 heteroatoms. The highest BCUT2D eigenvalue weighted by Gasteiger charge is 2.45. The summed E-state index contributed by atoms with van der Waals surface area (Å²) in [6, 6.07) is 4.45. The molecule has 1 heterocycles. The zero-order valence-electron chi connectivity index (χ0n) is 13.1. The van der Waals surface area contributed by atoms with Crippen LogP contribution in [0, 0.1) is 28.1 Å². The van der Waals surface area contributed by atoms with Gasteiger partial charge in [-0.25, -0.2) is 0 Å². The summed E-state index contributed by atoms with van der Waals surface area (Å²) in [6.45, 7) is 2.07. The van der Waals surface area contributed by atoms with E-state index in [0.717, 1.165) is 32.1 Å². The van der Waals surface area contributed by atoms with Crippen LogP contribution in [-0.2, 0) is 9.53 Å². The number of ether oxygens (including phenoxy) is 1. The monoisotopic (exact) mass is 332 g/mol. The minimum absolute atomic E-state index is 0.104. The lowest BCUT2D eigenvalue weighted by atomic mass is 9.64. The highest BCUT2D eigenvalue weighted by molar-refractivity contribution is 8.03. The number of allylic oxidation sites excluding steroid dienone is 2. The average Bonchev–Trinajstić information content (AvgIpc) is 2.54. The first-order valence-corrected chi connectivity index (χ1v) is 8.68. The lowest BCUT2D eigenvalue weighted by molar-refractivity contribution is -0.139. The molecule has 3 N–H and O–H groups in total. The Kier molecular flexibility index (Phi) is 5.57. The van der Waals surface area contributed by atoms with Crippen molar-refractivity contribution in [2.45, 2.75) is 39.0 Å². The molecule has 1 fully saturated rings. The molecule has 1 spiro atoms. The van der Waals surface area contributed by atoms with Gasteiger partial charge in [0, 0.05) is 5.41 Å². The molecular weight excluding hydrogens is 312 g/mol. The summed E-state index contributed by atoms with van der Waals surface area (Å²) in [5.41, 5.74) is 6.42. The number of nitriles is 2. The highest BCUT2D eigenvalue weighted by Crippen LogP contribution is 2.51. The standard InChI is InChI=1S/C16H20N4O2S/c1-2-22-13(21)10-23-15-12(9-18)16(6-4-3-5-7-16)11(8-17)14(19)20-15/h20H,2-7,10,19H2,1H3. The van der Waals surface area contributed by atoms with E-state index in [-0.39, 0.29) is 11.7 Å². The van der Waals surface area contributed by atoms with Crippen molar-refractivity contribution in [1.82, 2.24) is 5.32 Å². The molecule has 6 nitrogen and oxygen atoms in total. The number of hydrogen-bond donors (Lipinski definition) is 2. The predicted molar refractivity (Wildman–Crippen MR) is 87.2 cm³/mol. The Morgan fingerprint density at radius 3 is 2.52 bits per heavy atom. The first kappa shape index (κ1) is 17.2. The van der Waals surface area contributed by atoms with Gasteiger partial charge in [0.05, 0.1) is 40.7 Å². The molecule has 1 aliphatic heterocycles. The molecule has 0 saturated heterocycles. The molecule has 2 rings (SSSR count). The van der Waals surface area contributed by atoms with Crippen LogP contribution < -0.4 is 11.1 Å². The van der Waals surface area contributed by atoms with Crippen molar-refractivity contribution in [2.75, 3.05) is 12.4 Å². The van der Waals surface area contributed by atoms with Gasteiger partial charge in [-0.05, 0) is 19.8 Å². The number of nitrogens with one attached hydrogen (secondary N) is 1. The van der Waals surface area contributed by atoms with Crippen LogP contribution in [-0.4, -0.2) is 18.3 Å². The van der Waals surface area contributed by atoms with Crippen LogP contribution in [0.5, 0.6) is 0 Å². The largest absolute Gasteiger partial charge is 0.465 e. The Balaban J connectivity index is 2.35. The molecular formula is C16H20N4O2S. The van der Waals surface area contributed by atoms with Crippen LogP contribution in [0.1, 0.15) is 39.0 Å². The second-order valence-electron chi connectivity index (χ2n) is 5.58. The topological polar surface area (TPSA) is 112 Å². The van der Waals surface area contributed by atoms with Gasteiger partial charge in [0.1, 0.15) is 5.82 Å². The quantitative estimate of drug-likeness (QED) is 0.759. The molecule has 1 saturated carbocycles. The van der Waals surface area contributed by atoms with Gasteiger partial charge in [0.15, 0.2) is 0 Å². The molecule has 0 atom stereocenters. The van der Waals surface area contributed by atoms with E-state index < -0.39 is 5.41 Å². The molecule has 122 valence electrons. The molecule has 0 unspecified atom stereocenters. The molecule has 23 heavy (non-hydrogen) atoms. The van der Waals surface area contributed by atoms with Crippen LogP contribution >= 0.6 is 11.8 Å². The van der Waals surface area contributed by atoms with Crippen molar-refractivity contribution >= 4 is 17.7 Å². The first-order valence-electron chi connectivity index (χ1n) is 7.69. The molecule has 0 aromatic carbocycles. The van der Waals surface area contributed by atoms with Gasteiger partial charge in [-0.1, -0.05) is 31.0 Å². The summed E-state index contributed by atoms with van der Waals surface area (Å²) >= 11 is 1.21. The van der Waals surface area contributed by atoms with Crippen LogP contribution in [0.25, 0.3) is 0 Å². The fourth-order valence-electron chi connectivity index (χ4n) is 3.27. The molecule has 0 amide bonds. The van der Waals surface area contributed by atoms with Crippen LogP contribution in [0.2, 0.25) is 0 Å². The maximum Gasteiger partial charge on any atom is 0.316 e. The Morgan fingerprint density at radius 2 is 1.96 bits per heavy atom. The van der Waals surface area contributed by atoms with Gasteiger partial charge in [0.2, 0.25) is 0 Å². The van der Waals surface area contributed by atoms with Crippen LogP contribution in [0.15, 0.2) is 22.0 Å². The van der Waals surface area contributed by atoms with Crippen LogP contribution in [0.4, 0.5) is 0 Å². The third kappa shape index (κ3) is 3.30. The van der Waals surface area contributed by atoms with Crippen molar-refractivity contribution in [1.29, 1.82) is 10.5 Å². The van der Waals surface area contributed by atoms with E-state index in [0.29, 0.717) is 28.6 Å². The second kappa shape index (κ2) is 7.43. The molecule has 0 radical (unpaired) electrons. The van der Waals surface area contributed by atoms with Crippen molar-refractivity contribution < 1.29 is 9.53 Å². The van der Waals surface area contributed by atoms with E-state index in [2.05, 4.69) is 17.5 Å². The van der Waals surface area contributed by atoms with Gasteiger partial charge < -0.3 is 15.8 Å². The number of hydrogen-bond acceptors (Lipinski definition) is 7. The maximum atomic E-state index is 11.6. The number of nitrogens with zero attached hydrogens (tertiary/aromatic N) is 2. The Bertz CT molecular complexity index is 633. The molecule has 0 bridgehead atoms. The minimum atomic E-state index is -0.603. The van der Waals surface area contributed by atoms with Crippen molar-refractivity contribution in [3.63, 3.8) is 0 Å². The smallest absolute Gasteiger partial charge is 0.316 e. The maximum absolute atomic E-state index is 11.6. The molecule has 1 aliphatic carbocycles. The Hall–Kier alpha value is -2.12. The number of dihydropyridines is 1. The number of esters is 1. The van der Waals surface area contributed by atoms with Gasteiger partial charge >= 0.3 is 5.97 Å². The summed E-state index contributed by atoms with van der Waals surface area (Å²) in [7, 11) is 0. The van der Waals surface area contributed by atoms with Gasteiger partial charge in [-0.3, -0.25) is 4.79 Å². The minimum Gasteiger partial charge on any atom is -0.465 e. The fourth-order valence-corrected chi connectivity index (χ4v) is 4.18. The van der Waals surface area contributed by atoms with E-state index in [4.69, 9.17) is 10.5 Å². The normalized spacial score (nSPS) is 19.8. The number of rotatable bonds is 4. The average molecular weight is 332 g/mol. The van der Waals surface area contributed by atoms with Gasteiger partial charge in [-0.2, -0.15) is 10.5 Å². The van der Waals surface area contributed by atoms with Crippen molar-refractivity contribution in [2.24, 2.45) is 11.1 Å². The fraction of sp³-hybridized carbons (Fsp3) is 0.562. The number of carbonyl (C=O) groups excluding carboxylic acids is 1. The van der Waals surface area contributed by atoms with E-state index in [9.17, 15) is 15.3 Å². The zero-order valence-corrected chi connectivity index (χ0v) is 14.0. The predicted octanol–water partition coefficient (Wildman–Crippen LogP) is 2.27. The zero-order chi connectivity index (χ0) is 16.9. The second-order valence-corrected chi connectivity index (χ2v) is 6.56. The Labute approximate surface area is 140 Å². The molecule has 2 aliphatic rings. The summed E-state index contributed by atoms with van der Waals surface area (Å²) in [5.74, 6) is 0.0576. The SMILES string of the molecule is CCOC(=O)CSC1=C(C#N)C2(CCCCC2)C(C#N)=C(N)N1. The van der Waals surface area contributed by atoms with E-state index in [1.165, 1.54) is 11.8 Å². The summed E-state index contributed by atoms with van der Waals surface area (Å²) in [5, 5.41) is 22.7. The number of carbonyl (C=O) groups is 1. The van der Waals surface area contributed by atoms with Crippen LogP contribution in [0.3, 0.4) is 0 Å². The lowest BCUT2D eigenvalue weighted by Crippen LogP contribution is -2.39. The van der Waals surface area contributed by atoms with Gasteiger partial charge in [-0.15, -0.1) is 0 Å². The third-order valence-electron chi connectivity index (χ3n) is 4.27. The van der Waals surface area contributed by atoms with Crippen molar-refractivity contribution in [3.05, 3.63) is 22.0 Å². The Morgan fingerprint density at radius 1 is 1.30 bits per heavy atom. The van der Waals surface area contributed by atoms with E-state index in [1.807, 2.05) is 0 Å². The molecule has 0 aromatic heterocycles. The van der Waals surface area contributed by atoms with Gasteiger partial charge in [0.25, 0.3) is 0 Å².